The summed E-state index contributed by atoms with van der Waals surface area (Å²) in [6.07, 6.45) is 6.80. The fourth-order valence-electron chi connectivity index (χ4n) is 4.15. The standard InChI is InChI=1S/C24H26FN5O3/c1-14-2-4-17(5-3-14)29-24(32)33-19-6-7-22-20(10-19)15(12-28-22)8-21(27)23(31)30-13-16(25)9-18(30)11-26/h2,4-7,10,12,14,16,18,21,28H,3,8-9,13,27H2,1H3,(H,29,32)/t14?,16?,18?,21-/m0/s1. The van der Waals surface area contributed by atoms with E-state index in [2.05, 4.69) is 17.2 Å². The van der Waals surface area contributed by atoms with Crippen LogP contribution in [0.1, 0.15) is 25.3 Å². The van der Waals surface area contributed by atoms with E-state index in [0.29, 0.717) is 17.4 Å². The summed E-state index contributed by atoms with van der Waals surface area (Å²) >= 11 is 0. The fraction of sp³-hybridized carbons (Fsp3) is 0.375. The van der Waals surface area contributed by atoms with Crippen molar-refractivity contribution in [2.45, 2.75) is 44.4 Å². The lowest BCUT2D eigenvalue weighted by molar-refractivity contribution is -0.132. The number of rotatable bonds is 5. The number of H-pyrrole nitrogens is 1. The molecule has 33 heavy (non-hydrogen) atoms. The van der Waals surface area contributed by atoms with Crippen molar-refractivity contribution in [3.63, 3.8) is 0 Å². The molecule has 1 aliphatic carbocycles. The maximum Gasteiger partial charge on any atom is 0.417 e. The summed E-state index contributed by atoms with van der Waals surface area (Å²) in [5.74, 6) is 0.332. The summed E-state index contributed by atoms with van der Waals surface area (Å²) in [7, 11) is 0. The minimum atomic E-state index is -1.21. The number of carbonyl (C=O) groups excluding carboxylic acids is 2. The maximum absolute atomic E-state index is 13.7. The van der Waals surface area contributed by atoms with Crippen LogP contribution >= 0.6 is 0 Å². The number of nitrogens with zero attached hydrogens (tertiary/aromatic N) is 2. The van der Waals surface area contributed by atoms with Crippen molar-refractivity contribution in [1.82, 2.24) is 15.2 Å². The van der Waals surface area contributed by atoms with E-state index < -0.39 is 30.3 Å². The van der Waals surface area contributed by atoms with E-state index in [1.54, 1.807) is 24.4 Å². The second-order valence-corrected chi connectivity index (χ2v) is 8.55. The molecule has 9 heteroatoms. The Bertz CT molecular complexity index is 1160. The highest BCUT2D eigenvalue weighted by atomic mass is 19.1. The smallest absolute Gasteiger partial charge is 0.410 e. The first-order valence-corrected chi connectivity index (χ1v) is 10.9. The monoisotopic (exact) mass is 451 g/mol. The lowest BCUT2D eigenvalue weighted by Crippen LogP contribution is -2.46. The van der Waals surface area contributed by atoms with Gasteiger partial charge in [0.25, 0.3) is 0 Å². The molecule has 0 saturated carbocycles. The molecule has 2 amide bonds. The van der Waals surface area contributed by atoms with E-state index in [1.807, 2.05) is 24.3 Å². The van der Waals surface area contributed by atoms with Crippen LogP contribution in [0.5, 0.6) is 5.75 Å². The van der Waals surface area contributed by atoms with E-state index in [4.69, 9.17) is 10.5 Å². The molecule has 4 rings (SSSR count). The molecule has 0 radical (unpaired) electrons. The summed E-state index contributed by atoms with van der Waals surface area (Å²) in [5.41, 5.74) is 8.38. The second-order valence-electron chi connectivity index (χ2n) is 8.55. The van der Waals surface area contributed by atoms with Crippen LogP contribution in [0, 0.1) is 17.2 Å². The Labute approximate surface area is 190 Å². The Hall–Kier alpha value is -3.64. The van der Waals surface area contributed by atoms with Gasteiger partial charge in [-0.25, -0.2) is 9.18 Å². The number of ether oxygens (including phenoxy) is 1. The van der Waals surface area contributed by atoms with E-state index >= 15 is 0 Å². The molecule has 0 spiro atoms. The number of benzene rings is 1. The van der Waals surface area contributed by atoms with Crippen molar-refractivity contribution < 1.29 is 18.7 Å². The molecule has 2 aliphatic rings. The van der Waals surface area contributed by atoms with Crippen molar-refractivity contribution in [3.05, 3.63) is 53.9 Å². The number of nitrogens with two attached hydrogens (primary N) is 1. The molecule has 0 bridgehead atoms. The molecular formula is C24H26FN5O3. The Morgan fingerprint density at radius 2 is 2.27 bits per heavy atom. The maximum atomic E-state index is 13.7. The topological polar surface area (TPSA) is 124 Å². The number of aromatic amines is 1. The van der Waals surface area contributed by atoms with E-state index in [1.165, 1.54) is 4.90 Å². The van der Waals surface area contributed by atoms with Crippen molar-refractivity contribution in [2.75, 3.05) is 6.54 Å². The van der Waals surface area contributed by atoms with Gasteiger partial charge in [0, 0.05) is 29.2 Å². The zero-order chi connectivity index (χ0) is 23.5. The van der Waals surface area contributed by atoms with E-state index in [9.17, 15) is 19.2 Å². The number of halogens is 1. The Kier molecular flexibility index (Phi) is 6.47. The number of alkyl halides is 1. The van der Waals surface area contributed by atoms with Gasteiger partial charge in [0.05, 0.1) is 18.7 Å². The van der Waals surface area contributed by atoms with Gasteiger partial charge < -0.3 is 20.4 Å². The molecule has 3 unspecified atom stereocenters. The lowest BCUT2D eigenvalue weighted by atomic mass is 10.0. The highest BCUT2D eigenvalue weighted by Gasteiger charge is 2.37. The fourth-order valence-corrected chi connectivity index (χ4v) is 4.15. The summed E-state index contributed by atoms with van der Waals surface area (Å²) < 4.78 is 19.1. The number of aromatic nitrogens is 1. The number of nitriles is 1. The van der Waals surface area contributed by atoms with Gasteiger partial charge >= 0.3 is 6.09 Å². The first-order valence-electron chi connectivity index (χ1n) is 10.9. The van der Waals surface area contributed by atoms with Crippen molar-refractivity contribution in [1.29, 1.82) is 5.26 Å². The number of nitrogens with one attached hydrogen (secondary N) is 2. The molecule has 1 aromatic heterocycles. The predicted octanol–water partition coefficient (Wildman–Crippen LogP) is 3.07. The largest absolute Gasteiger partial charge is 0.417 e. The summed E-state index contributed by atoms with van der Waals surface area (Å²) in [6, 6.07) is 5.40. The molecule has 4 atom stereocenters. The molecule has 4 N–H and O–H groups in total. The number of allylic oxidation sites excluding steroid dienone is 3. The number of hydrogen-bond donors (Lipinski definition) is 3. The second kappa shape index (κ2) is 9.46. The third kappa shape index (κ3) is 5.07. The van der Waals surface area contributed by atoms with Gasteiger partial charge in [-0.1, -0.05) is 19.1 Å². The van der Waals surface area contributed by atoms with Crippen LogP contribution in [0.4, 0.5) is 9.18 Å². The Morgan fingerprint density at radius 1 is 1.45 bits per heavy atom. The third-order valence-electron chi connectivity index (χ3n) is 5.95. The van der Waals surface area contributed by atoms with E-state index in [0.717, 1.165) is 22.9 Å². The van der Waals surface area contributed by atoms with Crippen LogP contribution in [0.15, 0.2) is 48.3 Å². The van der Waals surface area contributed by atoms with Gasteiger partial charge in [-0.15, -0.1) is 0 Å². The van der Waals surface area contributed by atoms with Crippen LogP contribution in [-0.2, 0) is 11.2 Å². The summed E-state index contributed by atoms with van der Waals surface area (Å²) in [5, 5.41) is 12.7. The number of fused-ring (bicyclic) bond motifs is 1. The van der Waals surface area contributed by atoms with Crippen LogP contribution in [0.3, 0.4) is 0 Å². The number of hydrogen-bond acceptors (Lipinski definition) is 5. The molecule has 1 aliphatic heterocycles. The molecule has 1 aromatic carbocycles. The van der Waals surface area contributed by atoms with Crippen LogP contribution in [0.25, 0.3) is 10.9 Å². The minimum Gasteiger partial charge on any atom is -0.410 e. The van der Waals surface area contributed by atoms with E-state index in [-0.39, 0.29) is 19.4 Å². The van der Waals surface area contributed by atoms with Crippen molar-refractivity contribution in [3.8, 4) is 11.8 Å². The van der Waals surface area contributed by atoms with Crippen LogP contribution in [0.2, 0.25) is 0 Å². The van der Waals surface area contributed by atoms with Gasteiger partial charge in [-0.2, -0.15) is 5.26 Å². The molecule has 1 saturated heterocycles. The molecular weight excluding hydrogens is 425 g/mol. The minimum absolute atomic E-state index is 0.0104. The Balaban J connectivity index is 1.43. The molecule has 2 aromatic rings. The number of carbonyl (C=O) groups is 2. The van der Waals surface area contributed by atoms with Gasteiger partial charge in [0.15, 0.2) is 0 Å². The number of likely N-dealkylation sites (tertiary alicyclic amines) is 1. The van der Waals surface area contributed by atoms with Gasteiger partial charge in [-0.3, -0.25) is 10.1 Å². The normalized spacial score (nSPS) is 23.2. The Morgan fingerprint density at radius 3 is 3.00 bits per heavy atom. The third-order valence-corrected chi connectivity index (χ3v) is 5.95. The highest BCUT2D eigenvalue weighted by Crippen LogP contribution is 2.26. The van der Waals surface area contributed by atoms with Gasteiger partial charge in [0.2, 0.25) is 5.91 Å². The van der Waals surface area contributed by atoms with Crippen LogP contribution < -0.4 is 15.8 Å². The summed E-state index contributed by atoms with van der Waals surface area (Å²) in [4.78, 5) is 29.3. The number of amides is 2. The van der Waals surface area contributed by atoms with Gasteiger partial charge in [0.1, 0.15) is 18.0 Å². The molecule has 1 fully saturated rings. The van der Waals surface area contributed by atoms with Crippen molar-refractivity contribution in [2.24, 2.45) is 11.7 Å². The summed E-state index contributed by atoms with van der Waals surface area (Å²) in [6.45, 7) is 1.98. The van der Waals surface area contributed by atoms with Crippen molar-refractivity contribution >= 4 is 22.9 Å². The van der Waals surface area contributed by atoms with Crippen LogP contribution in [-0.4, -0.2) is 46.7 Å². The molecule has 8 nitrogen and oxygen atoms in total. The molecule has 2 heterocycles. The molecule has 172 valence electrons. The first-order chi connectivity index (χ1) is 15.8. The zero-order valence-corrected chi connectivity index (χ0v) is 18.3. The first kappa shape index (κ1) is 22.6. The lowest BCUT2D eigenvalue weighted by Gasteiger charge is -2.23. The highest BCUT2D eigenvalue weighted by molar-refractivity contribution is 5.88. The average Bonchev–Trinajstić information content (AvgIpc) is 3.37. The van der Waals surface area contributed by atoms with Gasteiger partial charge in [-0.05, 0) is 48.6 Å². The quantitative estimate of drug-likeness (QED) is 0.644. The SMILES string of the molecule is CC1C=CC(NC(=O)Oc2ccc3[nH]cc(C[C@H](N)C(=O)N4CC(F)CC4C#N)c3c2)=CC1. The zero-order valence-electron chi connectivity index (χ0n) is 18.3. The average molecular weight is 452 g/mol. The predicted molar refractivity (Wildman–Crippen MR) is 121 cm³/mol.